The molecular formula is C15H15NO4. The van der Waals surface area contributed by atoms with E-state index in [9.17, 15) is 20.4 Å². The van der Waals surface area contributed by atoms with Crippen molar-refractivity contribution in [1.82, 2.24) is 5.32 Å². The highest BCUT2D eigenvalue weighted by atomic mass is 16.3. The Labute approximate surface area is 115 Å². The van der Waals surface area contributed by atoms with Crippen molar-refractivity contribution >= 4 is 0 Å². The van der Waals surface area contributed by atoms with E-state index >= 15 is 0 Å². The topological polar surface area (TPSA) is 93.0 Å². The van der Waals surface area contributed by atoms with Crippen molar-refractivity contribution in [1.29, 1.82) is 0 Å². The number of nitrogens with one attached hydrogen (secondary N) is 1. The molecule has 1 unspecified atom stereocenters. The average molecular weight is 273 g/mol. The number of rotatable bonds is 1. The van der Waals surface area contributed by atoms with Gasteiger partial charge in [0.05, 0.1) is 6.04 Å². The van der Waals surface area contributed by atoms with E-state index in [2.05, 4.69) is 5.32 Å². The van der Waals surface area contributed by atoms with Crippen LogP contribution in [0.15, 0.2) is 30.3 Å². The molecule has 1 heterocycles. The Bertz CT molecular complexity index is 669. The van der Waals surface area contributed by atoms with Gasteiger partial charge in [-0.25, -0.2) is 0 Å². The number of fused-ring (bicyclic) bond motifs is 1. The minimum Gasteiger partial charge on any atom is -0.508 e. The molecule has 0 saturated heterocycles. The third-order valence-corrected chi connectivity index (χ3v) is 3.61. The molecule has 2 aromatic carbocycles. The van der Waals surface area contributed by atoms with Gasteiger partial charge in [0.2, 0.25) is 0 Å². The summed E-state index contributed by atoms with van der Waals surface area (Å²) >= 11 is 0. The molecule has 0 saturated carbocycles. The first-order valence-corrected chi connectivity index (χ1v) is 6.36. The predicted molar refractivity (Wildman–Crippen MR) is 73.1 cm³/mol. The Morgan fingerprint density at radius 3 is 2.40 bits per heavy atom. The van der Waals surface area contributed by atoms with Crippen LogP contribution in [0.5, 0.6) is 23.0 Å². The number of benzene rings is 2. The van der Waals surface area contributed by atoms with Crippen LogP contribution >= 0.6 is 0 Å². The summed E-state index contributed by atoms with van der Waals surface area (Å²) in [6.07, 6.45) is 0.721. The van der Waals surface area contributed by atoms with Crippen LogP contribution in [0.1, 0.15) is 22.7 Å². The smallest absolute Gasteiger partial charge is 0.157 e. The van der Waals surface area contributed by atoms with Crippen molar-refractivity contribution in [2.24, 2.45) is 0 Å². The van der Waals surface area contributed by atoms with Gasteiger partial charge in [0.25, 0.3) is 0 Å². The van der Waals surface area contributed by atoms with Gasteiger partial charge in [0.15, 0.2) is 11.5 Å². The fraction of sp³-hybridized carbons (Fsp3) is 0.200. The lowest BCUT2D eigenvalue weighted by molar-refractivity contribution is 0.399. The molecular weight excluding hydrogens is 258 g/mol. The van der Waals surface area contributed by atoms with Gasteiger partial charge in [0, 0.05) is 12.1 Å². The number of hydrogen-bond donors (Lipinski definition) is 5. The SMILES string of the molecule is Oc1ccc(O)c(C2NCCc3cc(O)c(O)cc32)c1. The molecule has 3 rings (SSSR count). The lowest BCUT2D eigenvalue weighted by Crippen LogP contribution is -2.30. The second-order valence-corrected chi connectivity index (χ2v) is 4.92. The summed E-state index contributed by atoms with van der Waals surface area (Å²) in [5.74, 6) is -0.211. The van der Waals surface area contributed by atoms with Gasteiger partial charge in [-0.05, 0) is 47.9 Å². The van der Waals surface area contributed by atoms with Crippen LogP contribution < -0.4 is 5.32 Å². The van der Waals surface area contributed by atoms with Crippen molar-refractivity contribution in [2.45, 2.75) is 12.5 Å². The number of phenolic OH excluding ortho intramolecular Hbond substituents is 4. The van der Waals surface area contributed by atoms with E-state index in [0.29, 0.717) is 12.1 Å². The van der Waals surface area contributed by atoms with E-state index in [-0.39, 0.29) is 29.0 Å². The minimum atomic E-state index is -0.336. The highest BCUT2D eigenvalue weighted by Gasteiger charge is 2.25. The summed E-state index contributed by atoms with van der Waals surface area (Å²) < 4.78 is 0. The van der Waals surface area contributed by atoms with Crippen molar-refractivity contribution in [3.8, 4) is 23.0 Å². The number of hydrogen-bond acceptors (Lipinski definition) is 5. The maximum Gasteiger partial charge on any atom is 0.157 e. The standard InChI is InChI=1S/C15H15NO4/c17-9-1-2-12(18)11(6-9)15-10-7-14(20)13(19)5-8(10)3-4-16-15/h1-2,5-7,15-20H,3-4H2. The van der Waals surface area contributed by atoms with E-state index in [1.54, 1.807) is 6.07 Å². The largest absolute Gasteiger partial charge is 0.508 e. The summed E-state index contributed by atoms with van der Waals surface area (Å²) in [6, 6.07) is 7.03. The van der Waals surface area contributed by atoms with Gasteiger partial charge in [-0.15, -0.1) is 0 Å². The zero-order valence-electron chi connectivity index (χ0n) is 10.7. The first-order chi connectivity index (χ1) is 9.56. The van der Waals surface area contributed by atoms with Crippen LogP contribution in [-0.2, 0) is 6.42 Å². The zero-order valence-corrected chi connectivity index (χ0v) is 10.7. The fourth-order valence-electron chi connectivity index (χ4n) is 2.63. The van der Waals surface area contributed by atoms with Gasteiger partial charge in [-0.2, -0.15) is 0 Å². The van der Waals surface area contributed by atoms with Crippen LogP contribution in [0.3, 0.4) is 0 Å². The highest BCUT2D eigenvalue weighted by molar-refractivity contribution is 5.53. The highest BCUT2D eigenvalue weighted by Crippen LogP contribution is 2.39. The molecule has 1 aliphatic heterocycles. The van der Waals surface area contributed by atoms with Gasteiger partial charge in [-0.1, -0.05) is 0 Å². The Morgan fingerprint density at radius 1 is 0.850 bits per heavy atom. The Hall–Kier alpha value is -2.40. The summed E-state index contributed by atoms with van der Waals surface area (Å²) in [6.45, 7) is 0.678. The molecule has 0 spiro atoms. The molecule has 0 radical (unpaired) electrons. The molecule has 0 bridgehead atoms. The van der Waals surface area contributed by atoms with E-state index < -0.39 is 0 Å². The first kappa shape index (κ1) is 12.6. The second kappa shape index (κ2) is 4.61. The molecule has 20 heavy (non-hydrogen) atoms. The molecule has 0 amide bonds. The normalized spacial score (nSPS) is 17.7. The monoisotopic (exact) mass is 273 g/mol. The van der Waals surface area contributed by atoms with E-state index in [1.807, 2.05) is 0 Å². The maximum atomic E-state index is 9.97. The third-order valence-electron chi connectivity index (χ3n) is 3.61. The second-order valence-electron chi connectivity index (χ2n) is 4.92. The van der Waals surface area contributed by atoms with Crippen molar-refractivity contribution in [2.75, 3.05) is 6.54 Å². The van der Waals surface area contributed by atoms with Gasteiger partial charge >= 0.3 is 0 Å². The number of phenols is 4. The molecule has 0 aromatic heterocycles. The summed E-state index contributed by atoms with van der Waals surface area (Å²) in [4.78, 5) is 0. The fourth-order valence-corrected chi connectivity index (χ4v) is 2.63. The minimum absolute atomic E-state index is 0.0646. The number of aromatic hydroxyl groups is 4. The maximum absolute atomic E-state index is 9.97. The molecule has 0 aliphatic carbocycles. The van der Waals surface area contributed by atoms with Crippen LogP contribution in [0.4, 0.5) is 0 Å². The van der Waals surface area contributed by atoms with E-state index in [4.69, 9.17) is 0 Å². The van der Waals surface area contributed by atoms with Gasteiger partial charge < -0.3 is 25.7 Å². The van der Waals surface area contributed by atoms with Gasteiger partial charge in [0.1, 0.15) is 11.5 Å². The Morgan fingerprint density at radius 2 is 1.60 bits per heavy atom. The van der Waals surface area contributed by atoms with Crippen molar-refractivity contribution < 1.29 is 20.4 Å². The lowest BCUT2D eigenvalue weighted by atomic mass is 9.89. The molecule has 0 fully saturated rings. The molecule has 1 aliphatic rings. The predicted octanol–water partition coefficient (Wildman–Crippen LogP) is 1.74. The molecule has 5 heteroatoms. The summed E-state index contributed by atoms with van der Waals surface area (Å²) in [7, 11) is 0. The summed E-state index contributed by atoms with van der Waals surface area (Å²) in [5, 5.41) is 42.0. The Kier molecular flexibility index (Phi) is 2.91. The van der Waals surface area contributed by atoms with E-state index in [1.165, 1.54) is 24.3 Å². The first-order valence-electron chi connectivity index (χ1n) is 6.36. The molecule has 104 valence electrons. The van der Waals surface area contributed by atoms with Crippen molar-refractivity contribution in [3.63, 3.8) is 0 Å². The molecule has 2 aromatic rings. The van der Waals surface area contributed by atoms with E-state index in [0.717, 1.165) is 17.5 Å². The lowest BCUT2D eigenvalue weighted by Gasteiger charge is -2.28. The molecule has 5 N–H and O–H groups in total. The zero-order chi connectivity index (χ0) is 14.3. The quantitative estimate of drug-likeness (QED) is 0.403. The third kappa shape index (κ3) is 2.02. The van der Waals surface area contributed by atoms with Crippen LogP contribution in [0.2, 0.25) is 0 Å². The molecule has 5 nitrogen and oxygen atoms in total. The van der Waals surface area contributed by atoms with Crippen LogP contribution in [-0.4, -0.2) is 27.0 Å². The summed E-state index contributed by atoms with van der Waals surface area (Å²) in [5.41, 5.74) is 2.23. The molecule has 1 atom stereocenters. The van der Waals surface area contributed by atoms with Crippen molar-refractivity contribution in [3.05, 3.63) is 47.0 Å². The average Bonchev–Trinajstić information content (AvgIpc) is 2.42. The van der Waals surface area contributed by atoms with Crippen LogP contribution in [0, 0.1) is 0 Å². The van der Waals surface area contributed by atoms with Gasteiger partial charge in [-0.3, -0.25) is 0 Å². The van der Waals surface area contributed by atoms with Crippen LogP contribution in [0.25, 0.3) is 0 Å². The Balaban J connectivity index is 2.14.